The first-order valence-electron chi connectivity index (χ1n) is 3.60. The van der Waals surface area contributed by atoms with Crippen molar-refractivity contribution in [3.63, 3.8) is 0 Å². The van der Waals surface area contributed by atoms with Crippen LogP contribution in [0.2, 0.25) is 6.04 Å². The fourth-order valence-corrected chi connectivity index (χ4v) is 1.57. The topological polar surface area (TPSA) is 18.5 Å². The van der Waals surface area contributed by atoms with E-state index in [1.807, 2.05) is 6.08 Å². The summed E-state index contributed by atoms with van der Waals surface area (Å²) in [7, 11) is 1.28. The minimum absolute atomic E-state index is 0.0200. The summed E-state index contributed by atoms with van der Waals surface area (Å²) in [6.07, 6.45) is 2.85. The molecule has 0 saturated heterocycles. The quantitative estimate of drug-likeness (QED) is 0.250. The third kappa shape index (κ3) is 4.73. The molecule has 0 heterocycles. The molecule has 0 aliphatic heterocycles. The van der Waals surface area contributed by atoms with E-state index in [0.717, 1.165) is 12.5 Å². The Morgan fingerprint density at radius 3 is 2.80 bits per heavy atom. The largest absolute Gasteiger partial charge is 0.399 e. The molecule has 60 valence electrons. The Bertz CT molecular complexity index is 81.7. The van der Waals surface area contributed by atoms with Crippen molar-refractivity contribution in [2.75, 3.05) is 7.11 Å². The van der Waals surface area contributed by atoms with E-state index < -0.39 is 9.76 Å². The third-order valence-electron chi connectivity index (χ3n) is 1.22. The first-order valence-corrected chi connectivity index (χ1v) is 5.18. The molecule has 0 spiro atoms. The van der Waals surface area contributed by atoms with Crippen LogP contribution in [0.25, 0.3) is 0 Å². The molecule has 2 nitrogen and oxygen atoms in total. The molecule has 0 aliphatic rings. The van der Waals surface area contributed by atoms with E-state index in [-0.39, 0.29) is 6.29 Å². The molecule has 0 N–H and O–H groups in total. The molecule has 1 unspecified atom stereocenters. The van der Waals surface area contributed by atoms with Gasteiger partial charge in [-0.1, -0.05) is 13.0 Å². The maximum absolute atomic E-state index is 5.43. The number of hydrogen-bond donors (Lipinski definition) is 0. The highest BCUT2D eigenvalue weighted by molar-refractivity contribution is 6.27. The zero-order valence-electron chi connectivity index (χ0n) is 6.80. The van der Waals surface area contributed by atoms with Gasteiger partial charge in [0.2, 0.25) is 0 Å². The smallest absolute Gasteiger partial charge is 0.168 e. The monoisotopic (exact) mass is 160 g/mol. The van der Waals surface area contributed by atoms with Gasteiger partial charge in [-0.25, -0.2) is 0 Å². The van der Waals surface area contributed by atoms with Crippen LogP contribution in [0.4, 0.5) is 0 Å². The summed E-state index contributed by atoms with van der Waals surface area (Å²) in [6.45, 7) is 5.68. The van der Waals surface area contributed by atoms with Gasteiger partial charge < -0.3 is 9.16 Å². The minimum atomic E-state index is -0.401. The molecule has 0 radical (unpaired) electrons. The van der Waals surface area contributed by atoms with Crippen LogP contribution >= 0.6 is 0 Å². The highest BCUT2D eigenvalue weighted by Crippen LogP contribution is 1.97. The average molecular weight is 160 g/mol. The zero-order valence-corrected chi connectivity index (χ0v) is 8.21. The summed E-state index contributed by atoms with van der Waals surface area (Å²) in [4.78, 5) is 0. The molecule has 0 bridgehead atoms. The standard InChI is InChI=1S/C7H16O2Si/c1-4-6-10-9-7(5-2)8-3/h4,7H,1,5-6,10H2,2-3H3. The second-order valence-electron chi connectivity index (χ2n) is 2.02. The minimum Gasteiger partial charge on any atom is -0.399 e. The number of rotatable bonds is 6. The number of ether oxygens (including phenoxy) is 1. The molecule has 0 aliphatic carbocycles. The van der Waals surface area contributed by atoms with E-state index >= 15 is 0 Å². The molecule has 0 rings (SSSR count). The van der Waals surface area contributed by atoms with E-state index in [1.54, 1.807) is 7.11 Å². The van der Waals surface area contributed by atoms with E-state index in [9.17, 15) is 0 Å². The Labute approximate surface area is 65.2 Å². The second kappa shape index (κ2) is 6.99. The van der Waals surface area contributed by atoms with Gasteiger partial charge in [-0.2, -0.15) is 0 Å². The number of allylic oxidation sites excluding steroid dienone is 1. The molecule has 0 fully saturated rings. The van der Waals surface area contributed by atoms with Crippen LogP contribution in [0.5, 0.6) is 0 Å². The lowest BCUT2D eigenvalue weighted by Crippen LogP contribution is -2.15. The molecule has 0 amide bonds. The first-order chi connectivity index (χ1) is 4.85. The predicted molar refractivity (Wildman–Crippen MR) is 45.7 cm³/mol. The fourth-order valence-electron chi connectivity index (χ4n) is 0.635. The number of methoxy groups -OCH3 is 1. The van der Waals surface area contributed by atoms with Crippen molar-refractivity contribution in [3.8, 4) is 0 Å². The Balaban J connectivity index is 3.16. The van der Waals surface area contributed by atoms with Crippen molar-refractivity contribution in [2.24, 2.45) is 0 Å². The second-order valence-corrected chi connectivity index (χ2v) is 3.34. The van der Waals surface area contributed by atoms with Crippen LogP contribution < -0.4 is 0 Å². The first kappa shape index (κ1) is 9.88. The summed E-state index contributed by atoms with van der Waals surface area (Å²) in [5.74, 6) is 0. The van der Waals surface area contributed by atoms with Gasteiger partial charge in [0.25, 0.3) is 0 Å². The molecule has 0 aromatic rings. The van der Waals surface area contributed by atoms with Gasteiger partial charge in [-0.3, -0.25) is 0 Å². The Morgan fingerprint density at radius 2 is 2.40 bits per heavy atom. The van der Waals surface area contributed by atoms with Gasteiger partial charge in [0.05, 0.1) is 0 Å². The van der Waals surface area contributed by atoms with Crippen LogP contribution in [0, 0.1) is 0 Å². The van der Waals surface area contributed by atoms with E-state index in [2.05, 4.69) is 13.5 Å². The summed E-state index contributed by atoms with van der Waals surface area (Å²) in [6, 6.07) is 1.03. The van der Waals surface area contributed by atoms with Crippen molar-refractivity contribution >= 4 is 9.76 Å². The van der Waals surface area contributed by atoms with Gasteiger partial charge in [0.1, 0.15) is 6.29 Å². The fraction of sp³-hybridized carbons (Fsp3) is 0.714. The molecule has 0 aromatic carbocycles. The molecule has 0 aromatic heterocycles. The molecule has 0 saturated carbocycles. The Hall–Kier alpha value is -0.123. The molecule has 10 heavy (non-hydrogen) atoms. The lowest BCUT2D eigenvalue weighted by Gasteiger charge is -2.12. The lowest BCUT2D eigenvalue weighted by atomic mass is 10.5. The third-order valence-corrected chi connectivity index (χ3v) is 2.47. The molecular formula is C7H16O2Si. The highest BCUT2D eigenvalue weighted by Gasteiger charge is 2.00. The SMILES string of the molecule is C=CC[SiH2]OC(CC)OC. The van der Waals surface area contributed by atoms with E-state index in [1.165, 1.54) is 0 Å². The lowest BCUT2D eigenvalue weighted by molar-refractivity contribution is -0.0536. The Kier molecular flexibility index (Phi) is 6.90. The van der Waals surface area contributed by atoms with E-state index in [4.69, 9.17) is 9.16 Å². The van der Waals surface area contributed by atoms with Gasteiger partial charge in [-0.15, -0.1) is 6.58 Å². The van der Waals surface area contributed by atoms with Crippen molar-refractivity contribution in [2.45, 2.75) is 25.7 Å². The summed E-state index contributed by atoms with van der Waals surface area (Å²) in [5.41, 5.74) is 0. The summed E-state index contributed by atoms with van der Waals surface area (Å²) in [5, 5.41) is 0. The van der Waals surface area contributed by atoms with Crippen molar-refractivity contribution in [1.82, 2.24) is 0 Å². The van der Waals surface area contributed by atoms with Crippen LogP contribution in [-0.4, -0.2) is 23.2 Å². The Morgan fingerprint density at radius 1 is 1.70 bits per heavy atom. The van der Waals surface area contributed by atoms with Crippen LogP contribution in [0.15, 0.2) is 12.7 Å². The maximum Gasteiger partial charge on any atom is 0.168 e. The van der Waals surface area contributed by atoms with Gasteiger partial charge in [-0.05, 0) is 12.5 Å². The average Bonchev–Trinajstić information content (AvgIpc) is 1.99. The summed E-state index contributed by atoms with van der Waals surface area (Å²) < 4.78 is 10.5. The van der Waals surface area contributed by atoms with Crippen molar-refractivity contribution in [1.29, 1.82) is 0 Å². The normalized spacial score (nSPS) is 14.2. The van der Waals surface area contributed by atoms with Crippen molar-refractivity contribution < 1.29 is 9.16 Å². The summed E-state index contributed by atoms with van der Waals surface area (Å²) >= 11 is 0. The highest BCUT2D eigenvalue weighted by atomic mass is 28.2. The molecule has 1 atom stereocenters. The van der Waals surface area contributed by atoms with Crippen LogP contribution in [0.3, 0.4) is 0 Å². The zero-order chi connectivity index (χ0) is 7.82. The van der Waals surface area contributed by atoms with Crippen LogP contribution in [-0.2, 0) is 9.16 Å². The molecular weight excluding hydrogens is 144 g/mol. The van der Waals surface area contributed by atoms with Crippen LogP contribution in [0.1, 0.15) is 13.3 Å². The number of hydrogen-bond acceptors (Lipinski definition) is 2. The predicted octanol–water partition coefficient (Wildman–Crippen LogP) is 1.07. The van der Waals surface area contributed by atoms with E-state index in [0.29, 0.717) is 0 Å². The molecule has 3 heteroatoms. The van der Waals surface area contributed by atoms with Gasteiger partial charge in [0.15, 0.2) is 9.76 Å². The van der Waals surface area contributed by atoms with Gasteiger partial charge in [0, 0.05) is 7.11 Å². The van der Waals surface area contributed by atoms with Gasteiger partial charge >= 0.3 is 0 Å². The van der Waals surface area contributed by atoms with Crippen molar-refractivity contribution in [3.05, 3.63) is 12.7 Å². The maximum atomic E-state index is 5.43.